The number of nitrogens with zero attached hydrogens (tertiary/aromatic N) is 1. The van der Waals surface area contributed by atoms with Gasteiger partial charge in [-0.1, -0.05) is 41.9 Å². The van der Waals surface area contributed by atoms with Gasteiger partial charge < -0.3 is 19.5 Å². The Labute approximate surface area is 196 Å². The molecule has 1 N–H and O–H groups in total. The molecule has 0 radical (unpaired) electrons. The summed E-state index contributed by atoms with van der Waals surface area (Å²) in [5.41, 5.74) is 1.71. The number of anilines is 2. The Balaban J connectivity index is 1.85. The monoisotopic (exact) mass is 464 g/mol. The van der Waals surface area contributed by atoms with Crippen molar-refractivity contribution in [2.45, 2.75) is 0 Å². The van der Waals surface area contributed by atoms with E-state index in [1.165, 1.54) is 21.3 Å². The van der Waals surface area contributed by atoms with Gasteiger partial charge in [-0.2, -0.15) is 0 Å². The molecule has 0 aromatic heterocycles. The van der Waals surface area contributed by atoms with Crippen LogP contribution in [0.15, 0.2) is 72.4 Å². The molecule has 7 nitrogen and oxygen atoms in total. The van der Waals surface area contributed by atoms with E-state index in [1.807, 2.05) is 6.07 Å². The molecule has 0 spiro atoms. The molecule has 0 atom stereocenters. The molecule has 1 aliphatic rings. The fraction of sp³-hybridized carbons (Fsp3) is 0.120. The van der Waals surface area contributed by atoms with E-state index in [2.05, 4.69) is 5.32 Å². The van der Waals surface area contributed by atoms with Crippen molar-refractivity contribution in [2.75, 3.05) is 31.5 Å². The summed E-state index contributed by atoms with van der Waals surface area (Å²) in [6, 6.07) is 18.8. The summed E-state index contributed by atoms with van der Waals surface area (Å²) < 4.78 is 16.0. The highest BCUT2D eigenvalue weighted by Crippen LogP contribution is 2.38. The first kappa shape index (κ1) is 22.2. The first-order valence-corrected chi connectivity index (χ1v) is 10.4. The highest BCUT2D eigenvalue weighted by Gasteiger charge is 2.41. The van der Waals surface area contributed by atoms with Crippen molar-refractivity contribution >= 4 is 40.4 Å². The number of carbonyl (C=O) groups excluding carboxylic acids is 2. The quantitative estimate of drug-likeness (QED) is 0.508. The fourth-order valence-electron chi connectivity index (χ4n) is 3.59. The van der Waals surface area contributed by atoms with Crippen molar-refractivity contribution in [3.63, 3.8) is 0 Å². The summed E-state index contributed by atoms with van der Waals surface area (Å²) in [4.78, 5) is 28.3. The Bertz CT molecular complexity index is 1230. The number of rotatable bonds is 7. The number of carbonyl (C=O) groups is 2. The van der Waals surface area contributed by atoms with E-state index < -0.39 is 11.8 Å². The standard InChI is InChI=1S/C25H21ClN2O5/c1-31-18-12-17(13-19(14-18)32-2)28-24(29)22(15-7-5-4-6-8-15)23(25(28)30)27-20-11-16(26)9-10-21(20)33-3/h4-14,27H,1-3H3. The zero-order valence-electron chi connectivity index (χ0n) is 18.2. The summed E-state index contributed by atoms with van der Waals surface area (Å²) in [5, 5.41) is 3.53. The van der Waals surface area contributed by atoms with E-state index in [9.17, 15) is 9.59 Å². The maximum Gasteiger partial charge on any atom is 0.282 e. The number of methoxy groups -OCH3 is 3. The van der Waals surface area contributed by atoms with E-state index in [4.69, 9.17) is 25.8 Å². The number of amides is 2. The van der Waals surface area contributed by atoms with Crippen LogP contribution in [0.1, 0.15) is 5.56 Å². The van der Waals surface area contributed by atoms with Gasteiger partial charge in [-0.05, 0) is 23.8 Å². The SMILES string of the molecule is COc1cc(OC)cc(N2C(=O)C(Nc3cc(Cl)ccc3OC)=C(c3ccccc3)C2=O)c1. The number of ether oxygens (including phenoxy) is 3. The second-order valence-electron chi connectivity index (χ2n) is 7.10. The topological polar surface area (TPSA) is 77.1 Å². The highest BCUT2D eigenvalue weighted by molar-refractivity contribution is 6.46. The lowest BCUT2D eigenvalue weighted by atomic mass is 10.0. The third kappa shape index (κ3) is 4.23. The average molecular weight is 465 g/mol. The predicted molar refractivity (Wildman–Crippen MR) is 127 cm³/mol. The Morgan fingerprint density at radius 3 is 2.06 bits per heavy atom. The summed E-state index contributed by atoms with van der Waals surface area (Å²) in [6.07, 6.45) is 0. The van der Waals surface area contributed by atoms with Crippen LogP contribution in [0.5, 0.6) is 17.2 Å². The van der Waals surface area contributed by atoms with Crippen LogP contribution in [-0.4, -0.2) is 33.1 Å². The lowest BCUT2D eigenvalue weighted by Gasteiger charge is -2.18. The van der Waals surface area contributed by atoms with Gasteiger partial charge in [0.15, 0.2) is 0 Å². The molecule has 1 aliphatic heterocycles. The van der Waals surface area contributed by atoms with Crippen LogP contribution in [0.2, 0.25) is 5.02 Å². The van der Waals surface area contributed by atoms with Crippen molar-refractivity contribution in [1.29, 1.82) is 0 Å². The molecule has 33 heavy (non-hydrogen) atoms. The predicted octanol–water partition coefficient (Wildman–Crippen LogP) is 4.76. The molecule has 3 aromatic rings. The zero-order valence-corrected chi connectivity index (χ0v) is 19.0. The molecule has 1 heterocycles. The van der Waals surface area contributed by atoms with Gasteiger partial charge in [-0.3, -0.25) is 9.59 Å². The molecule has 0 saturated carbocycles. The van der Waals surface area contributed by atoms with Gasteiger partial charge in [0.2, 0.25) is 0 Å². The van der Waals surface area contributed by atoms with Gasteiger partial charge in [0, 0.05) is 23.2 Å². The van der Waals surface area contributed by atoms with Crippen LogP contribution in [0, 0.1) is 0 Å². The first-order chi connectivity index (χ1) is 16.0. The number of halogens is 1. The van der Waals surface area contributed by atoms with Gasteiger partial charge in [-0.15, -0.1) is 0 Å². The van der Waals surface area contributed by atoms with Crippen molar-refractivity contribution in [3.05, 3.63) is 83.0 Å². The molecule has 168 valence electrons. The second kappa shape index (κ2) is 9.26. The molecule has 8 heteroatoms. The molecule has 2 amide bonds. The molecule has 3 aromatic carbocycles. The van der Waals surface area contributed by atoms with E-state index in [-0.39, 0.29) is 11.3 Å². The number of nitrogens with one attached hydrogen (secondary N) is 1. The Morgan fingerprint density at radius 1 is 0.788 bits per heavy atom. The van der Waals surface area contributed by atoms with Crippen molar-refractivity contribution < 1.29 is 23.8 Å². The Morgan fingerprint density at radius 2 is 1.45 bits per heavy atom. The molecule has 0 unspecified atom stereocenters. The summed E-state index contributed by atoms with van der Waals surface area (Å²) >= 11 is 6.17. The van der Waals surface area contributed by atoms with Crippen molar-refractivity contribution in [2.24, 2.45) is 0 Å². The molecule has 0 fully saturated rings. The normalized spacial score (nSPS) is 13.4. The minimum absolute atomic E-state index is 0.105. The van der Waals surface area contributed by atoms with Gasteiger partial charge in [0.25, 0.3) is 11.8 Å². The first-order valence-electron chi connectivity index (χ1n) is 9.99. The third-order valence-corrected chi connectivity index (χ3v) is 5.40. The highest BCUT2D eigenvalue weighted by atomic mass is 35.5. The molecule has 4 rings (SSSR count). The number of hydrogen-bond donors (Lipinski definition) is 1. The second-order valence-corrected chi connectivity index (χ2v) is 7.54. The van der Waals surface area contributed by atoms with Crippen molar-refractivity contribution in [3.8, 4) is 17.2 Å². The van der Waals surface area contributed by atoms with E-state index in [0.29, 0.717) is 39.2 Å². The smallest absolute Gasteiger partial charge is 0.282 e. The van der Waals surface area contributed by atoms with Gasteiger partial charge in [0.1, 0.15) is 22.9 Å². The summed E-state index contributed by atoms with van der Waals surface area (Å²) in [5.74, 6) is 0.357. The minimum Gasteiger partial charge on any atom is -0.497 e. The van der Waals surface area contributed by atoms with E-state index >= 15 is 0 Å². The Kier molecular flexibility index (Phi) is 6.24. The van der Waals surface area contributed by atoms with Gasteiger partial charge >= 0.3 is 0 Å². The number of benzene rings is 3. The lowest BCUT2D eigenvalue weighted by molar-refractivity contribution is -0.120. The van der Waals surface area contributed by atoms with Crippen LogP contribution < -0.4 is 24.4 Å². The third-order valence-electron chi connectivity index (χ3n) is 5.16. The fourth-order valence-corrected chi connectivity index (χ4v) is 3.76. The summed E-state index contributed by atoms with van der Waals surface area (Å²) in [6.45, 7) is 0. The largest absolute Gasteiger partial charge is 0.497 e. The molecule has 0 aliphatic carbocycles. The number of imide groups is 1. The number of hydrogen-bond acceptors (Lipinski definition) is 6. The average Bonchev–Trinajstić information content (AvgIpc) is 3.08. The van der Waals surface area contributed by atoms with Crippen molar-refractivity contribution in [1.82, 2.24) is 0 Å². The van der Waals surface area contributed by atoms with Gasteiger partial charge in [0.05, 0.1) is 38.3 Å². The van der Waals surface area contributed by atoms with Crippen LogP contribution in [-0.2, 0) is 9.59 Å². The van der Waals surface area contributed by atoms with Crippen LogP contribution in [0.3, 0.4) is 0 Å². The van der Waals surface area contributed by atoms with Crippen LogP contribution >= 0.6 is 11.6 Å². The van der Waals surface area contributed by atoms with E-state index in [1.54, 1.807) is 60.7 Å². The minimum atomic E-state index is -0.531. The molecule has 0 bridgehead atoms. The molecule has 0 saturated heterocycles. The lowest BCUT2D eigenvalue weighted by Crippen LogP contribution is -2.32. The summed E-state index contributed by atoms with van der Waals surface area (Å²) in [7, 11) is 4.51. The maximum atomic E-state index is 13.6. The zero-order chi connectivity index (χ0) is 23.5. The maximum absolute atomic E-state index is 13.6. The van der Waals surface area contributed by atoms with Crippen LogP contribution in [0.25, 0.3) is 5.57 Å². The molecular weight excluding hydrogens is 444 g/mol. The molecular formula is C25H21ClN2O5. The van der Waals surface area contributed by atoms with Crippen LogP contribution in [0.4, 0.5) is 11.4 Å². The Hall–Kier alpha value is -3.97. The van der Waals surface area contributed by atoms with Gasteiger partial charge in [-0.25, -0.2) is 4.90 Å². The van der Waals surface area contributed by atoms with E-state index in [0.717, 1.165) is 4.90 Å².